The van der Waals surface area contributed by atoms with Crippen LogP contribution < -0.4 is 9.64 Å². The average Bonchev–Trinajstić information content (AvgIpc) is 2.64. The van der Waals surface area contributed by atoms with Gasteiger partial charge in [0.2, 0.25) is 6.10 Å². The summed E-state index contributed by atoms with van der Waals surface area (Å²) >= 11 is 0. The van der Waals surface area contributed by atoms with Crippen LogP contribution in [0.4, 0.5) is 5.69 Å². The van der Waals surface area contributed by atoms with Gasteiger partial charge in [-0.3, -0.25) is 14.5 Å². The smallest absolute Gasteiger partial charge is 0.273 e. The molecule has 0 aliphatic carbocycles. The van der Waals surface area contributed by atoms with E-state index in [1.807, 2.05) is 43.3 Å². The van der Waals surface area contributed by atoms with Gasteiger partial charge in [-0.05, 0) is 24.6 Å². The number of ether oxygens (including phenoxy) is 1. The summed E-state index contributed by atoms with van der Waals surface area (Å²) in [5.41, 5.74) is 1.73. The van der Waals surface area contributed by atoms with Crippen molar-refractivity contribution in [1.82, 2.24) is 0 Å². The molecule has 0 N–H and O–H groups in total. The molecule has 0 aromatic heterocycles. The Hall–Kier alpha value is -3.13. The molecule has 2 aromatic rings. The van der Waals surface area contributed by atoms with Gasteiger partial charge >= 0.3 is 0 Å². The summed E-state index contributed by atoms with van der Waals surface area (Å²) in [6, 6.07) is 16.2. The number of rotatable bonds is 5. The zero-order valence-electron chi connectivity index (χ0n) is 13.9. The summed E-state index contributed by atoms with van der Waals surface area (Å²) in [5.74, 6) is 0.205. The van der Waals surface area contributed by atoms with E-state index in [1.54, 1.807) is 18.2 Å². The normalized spacial score (nSPS) is 15.9. The Kier molecular flexibility index (Phi) is 4.80. The fraction of sp³-hybridized carbons (Fsp3) is 0.250. The predicted octanol–water partition coefficient (Wildman–Crippen LogP) is 3.66. The van der Waals surface area contributed by atoms with Crippen molar-refractivity contribution >= 4 is 17.4 Å². The highest BCUT2D eigenvalue weighted by atomic mass is 16.5. The van der Waals surface area contributed by atoms with Crippen LogP contribution in [0, 0.1) is 11.3 Å². The first-order valence-electron chi connectivity index (χ1n) is 8.23. The minimum atomic E-state index is -0.792. The van der Waals surface area contributed by atoms with Crippen LogP contribution >= 0.6 is 0 Å². The van der Waals surface area contributed by atoms with Crippen molar-refractivity contribution in [2.24, 2.45) is 0 Å². The molecule has 1 aliphatic rings. The largest absolute Gasteiger partial charge is 0.474 e. The van der Waals surface area contributed by atoms with E-state index in [0.717, 1.165) is 12.0 Å². The van der Waals surface area contributed by atoms with E-state index >= 15 is 0 Å². The molecular formula is C20H18N2O3. The highest BCUT2D eigenvalue weighted by Gasteiger charge is 2.35. The number of nitrogens with zero attached hydrogens (tertiary/aromatic N) is 2. The molecule has 1 heterocycles. The number of benzene rings is 2. The van der Waals surface area contributed by atoms with Crippen LogP contribution in [-0.2, 0) is 4.79 Å². The summed E-state index contributed by atoms with van der Waals surface area (Å²) in [6.07, 6.45) is 0.404. The molecule has 3 rings (SSSR count). The van der Waals surface area contributed by atoms with Crippen LogP contribution in [-0.4, -0.2) is 18.2 Å². The van der Waals surface area contributed by atoms with E-state index in [-0.39, 0.29) is 18.2 Å². The second kappa shape index (κ2) is 7.18. The minimum Gasteiger partial charge on any atom is -0.474 e. The van der Waals surface area contributed by atoms with Crippen LogP contribution in [0.25, 0.3) is 0 Å². The lowest BCUT2D eigenvalue weighted by atomic mass is 10.0. The molecule has 1 unspecified atom stereocenters. The van der Waals surface area contributed by atoms with Crippen molar-refractivity contribution in [3.63, 3.8) is 0 Å². The first kappa shape index (κ1) is 16.7. The van der Waals surface area contributed by atoms with Crippen LogP contribution in [0.3, 0.4) is 0 Å². The fourth-order valence-electron chi connectivity index (χ4n) is 2.88. The summed E-state index contributed by atoms with van der Waals surface area (Å²) in [6.45, 7) is 1.85. The number of amides is 1. The Morgan fingerprint density at radius 3 is 2.68 bits per heavy atom. The highest BCUT2D eigenvalue weighted by Crippen LogP contribution is 2.39. The Morgan fingerprint density at radius 2 is 2.00 bits per heavy atom. The van der Waals surface area contributed by atoms with Crippen molar-refractivity contribution in [1.29, 1.82) is 5.26 Å². The van der Waals surface area contributed by atoms with Crippen molar-refractivity contribution in [3.05, 3.63) is 59.7 Å². The number of anilines is 1. The van der Waals surface area contributed by atoms with Gasteiger partial charge in [-0.2, -0.15) is 5.26 Å². The molecule has 1 amide bonds. The van der Waals surface area contributed by atoms with Gasteiger partial charge in [0, 0.05) is 17.5 Å². The lowest BCUT2D eigenvalue weighted by Gasteiger charge is -2.33. The van der Waals surface area contributed by atoms with Gasteiger partial charge in [-0.25, -0.2) is 0 Å². The van der Waals surface area contributed by atoms with Crippen molar-refractivity contribution < 1.29 is 14.3 Å². The molecule has 0 saturated heterocycles. The second-order valence-electron chi connectivity index (χ2n) is 5.85. The van der Waals surface area contributed by atoms with Crippen LogP contribution in [0.1, 0.15) is 41.8 Å². The lowest BCUT2D eigenvalue weighted by Crippen LogP contribution is -2.41. The minimum absolute atomic E-state index is 0.0137. The van der Waals surface area contributed by atoms with Gasteiger partial charge in [0.1, 0.15) is 12.3 Å². The van der Waals surface area contributed by atoms with Gasteiger partial charge in [0.15, 0.2) is 5.78 Å². The molecule has 25 heavy (non-hydrogen) atoms. The maximum absolute atomic E-state index is 12.9. The summed E-state index contributed by atoms with van der Waals surface area (Å²) in [4.78, 5) is 26.4. The van der Waals surface area contributed by atoms with E-state index in [0.29, 0.717) is 23.4 Å². The third-order valence-electron chi connectivity index (χ3n) is 4.12. The number of nitriles is 1. The molecule has 5 nitrogen and oxygen atoms in total. The quantitative estimate of drug-likeness (QED) is 0.618. The third-order valence-corrected chi connectivity index (χ3v) is 4.12. The van der Waals surface area contributed by atoms with Crippen LogP contribution in [0.2, 0.25) is 0 Å². The summed E-state index contributed by atoms with van der Waals surface area (Å²) in [7, 11) is 0. The molecule has 2 aromatic carbocycles. The third kappa shape index (κ3) is 3.24. The Balaban J connectivity index is 2.02. The molecule has 126 valence electrons. The van der Waals surface area contributed by atoms with Crippen LogP contribution in [0.15, 0.2) is 48.5 Å². The van der Waals surface area contributed by atoms with E-state index in [4.69, 9.17) is 10.00 Å². The van der Waals surface area contributed by atoms with Crippen molar-refractivity contribution in [3.8, 4) is 11.8 Å². The zero-order valence-corrected chi connectivity index (χ0v) is 13.9. The second-order valence-corrected chi connectivity index (χ2v) is 5.85. The molecule has 0 radical (unpaired) electrons. The SMILES string of the molecule is CCCC(=O)c1ccc2c(c1)N(CC#N)C(=O)C(c1ccccc1)O2. The number of hydrogen-bond acceptors (Lipinski definition) is 4. The number of hydrogen-bond donors (Lipinski definition) is 0. The molecule has 1 aliphatic heterocycles. The summed E-state index contributed by atoms with van der Waals surface area (Å²) in [5, 5.41) is 9.13. The lowest BCUT2D eigenvalue weighted by molar-refractivity contribution is -0.126. The number of ketones is 1. The monoisotopic (exact) mass is 334 g/mol. The van der Waals surface area contributed by atoms with Crippen molar-refractivity contribution in [2.45, 2.75) is 25.9 Å². The van der Waals surface area contributed by atoms with Gasteiger partial charge in [0.25, 0.3) is 5.91 Å². The van der Waals surface area contributed by atoms with E-state index in [9.17, 15) is 9.59 Å². The topological polar surface area (TPSA) is 70.4 Å². The van der Waals surface area contributed by atoms with Crippen molar-refractivity contribution in [2.75, 3.05) is 11.4 Å². The van der Waals surface area contributed by atoms with Gasteiger partial charge in [0.05, 0.1) is 11.8 Å². The maximum Gasteiger partial charge on any atom is 0.273 e. The predicted molar refractivity (Wildman–Crippen MR) is 93.5 cm³/mol. The number of carbonyl (C=O) groups excluding carboxylic acids is 2. The van der Waals surface area contributed by atoms with Gasteiger partial charge in [-0.1, -0.05) is 37.3 Å². The Bertz CT molecular complexity index is 840. The van der Waals surface area contributed by atoms with Crippen LogP contribution in [0.5, 0.6) is 5.75 Å². The average molecular weight is 334 g/mol. The van der Waals surface area contributed by atoms with E-state index in [1.165, 1.54) is 4.90 Å². The van der Waals surface area contributed by atoms with E-state index < -0.39 is 6.10 Å². The van der Waals surface area contributed by atoms with E-state index in [2.05, 4.69) is 0 Å². The number of fused-ring (bicyclic) bond motifs is 1. The molecule has 0 fully saturated rings. The molecule has 0 spiro atoms. The number of carbonyl (C=O) groups is 2. The Labute approximate surface area is 146 Å². The first-order valence-corrected chi connectivity index (χ1v) is 8.23. The summed E-state index contributed by atoms with van der Waals surface area (Å²) < 4.78 is 5.89. The standard InChI is InChI=1S/C20H18N2O3/c1-2-6-17(23)15-9-10-18-16(13-15)22(12-11-21)20(24)19(25-18)14-7-4-3-5-8-14/h3-5,7-10,13,19H,2,6,12H2,1H3. The fourth-order valence-corrected chi connectivity index (χ4v) is 2.88. The van der Waals surface area contributed by atoms with Gasteiger partial charge in [-0.15, -0.1) is 0 Å². The molecule has 5 heteroatoms. The zero-order chi connectivity index (χ0) is 17.8. The highest BCUT2D eigenvalue weighted by molar-refractivity contribution is 6.03. The first-order chi connectivity index (χ1) is 12.2. The Morgan fingerprint density at radius 1 is 1.24 bits per heavy atom. The molecule has 0 bridgehead atoms. The molecule has 1 atom stereocenters. The molecular weight excluding hydrogens is 316 g/mol. The number of Topliss-reactive ketones (excluding diaryl/α,β-unsaturated/α-hetero) is 1. The maximum atomic E-state index is 12.9. The molecule has 0 saturated carbocycles. The van der Waals surface area contributed by atoms with Gasteiger partial charge < -0.3 is 4.74 Å².